The maximum atomic E-state index is 12.2. The SMILES string of the molecule is CNCc1cc(S(=O)(=O)NCc2cn(C)nc2C)c[nH]1. The van der Waals surface area contributed by atoms with Crippen molar-refractivity contribution < 1.29 is 8.42 Å². The van der Waals surface area contributed by atoms with Crippen molar-refractivity contribution in [3.8, 4) is 0 Å². The molecule has 3 N–H and O–H groups in total. The van der Waals surface area contributed by atoms with E-state index in [1.54, 1.807) is 31.0 Å². The number of nitrogens with one attached hydrogen (secondary N) is 3. The molecule has 0 aliphatic carbocycles. The summed E-state index contributed by atoms with van der Waals surface area (Å²) in [5, 5.41) is 7.14. The van der Waals surface area contributed by atoms with Crippen molar-refractivity contribution in [3.63, 3.8) is 0 Å². The standard InChI is InChI=1S/C12H19N5O2S/c1-9-10(8-17(3)16-9)5-15-20(18,19)12-4-11(6-13-2)14-7-12/h4,7-8,13-15H,5-6H2,1-3H3. The first-order chi connectivity index (χ1) is 9.42. The van der Waals surface area contributed by atoms with E-state index in [9.17, 15) is 8.42 Å². The molecular formula is C12H19N5O2S. The molecule has 2 heterocycles. The number of nitrogens with zero attached hydrogens (tertiary/aromatic N) is 2. The highest BCUT2D eigenvalue weighted by Crippen LogP contribution is 2.12. The van der Waals surface area contributed by atoms with Crippen molar-refractivity contribution in [3.05, 3.63) is 35.4 Å². The van der Waals surface area contributed by atoms with Gasteiger partial charge in [0.15, 0.2) is 0 Å². The van der Waals surface area contributed by atoms with Crippen LogP contribution in [0.3, 0.4) is 0 Å². The molecule has 20 heavy (non-hydrogen) atoms. The third-order valence-corrected chi connectivity index (χ3v) is 4.34. The lowest BCUT2D eigenvalue weighted by molar-refractivity contribution is 0.581. The molecule has 0 amide bonds. The molecule has 2 rings (SSSR count). The Morgan fingerprint density at radius 3 is 2.75 bits per heavy atom. The van der Waals surface area contributed by atoms with Gasteiger partial charge in [0.25, 0.3) is 0 Å². The van der Waals surface area contributed by atoms with E-state index in [-0.39, 0.29) is 11.4 Å². The summed E-state index contributed by atoms with van der Waals surface area (Å²) in [6.45, 7) is 2.68. The second-order valence-electron chi connectivity index (χ2n) is 4.63. The second-order valence-corrected chi connectivity index (χ2v) is 6.40. The third-order valence-electron chi connectivity index (χ3n) is 2.96. The average Bonchev–Trinajstić information content (AvgIpc) is 2.95. The minimum absolute atomic E-state index is 0.231. The van der Waals surface area contributed by atoms with Gasteiger partial charge in [-0.1, -0.05) is 0 Å². The molecule has 8 heteroatoms. The molecule has 0 aliphatic rings. The van der Waals surface area contributed by atoms with E-state index in [4.69, 9.17) is 0 Å². The summed E-state index contributed by atoms with van der Waals surface area (Å²) in [5.41, 5.74) is 2.51. The van der Waals surface area contributed by atoms with E-state index < -0.39 is 10.0 Å². The molecule has 7 nitrogen and oxygen atoms in total. The van der Waals surface area contributed by atoms with Gasteiger partial charge >= 0.3 is 0 Å². The Bertz CT molecular complexity index is 687. The van der Waals surface area contributed by atoms with Gasteiger partial charge in [-0.25, -0.2) is 13.1 Å². The van der Waals surface area contributed by atoms with Crippen LogP contribution in [-0.2, 0) is 30.2 Å². The Labute approximate surface area is 118 Å². The van der Waals surface area contributed by atoms with Crippen molar-refractivity contribution in [2.75, 3.05) is 7.05 Å². The fourth-order valence-corrected chi connectivity index (χ4v) is 2.97. The van der Waals surface area contributed by atoms with Gasteiger partial charge in [-0.3, -0.25) is 4.68 Å². The largest absolute Gasteiger partial charge is 0.363 e. The zero-order valence-corrected chi connectivity index (χ0v) is 12.6. The van der Waals surface area contributed by atoms with E-state index in [0.717, 1.165) is 17.0 Å². The van der Waals surface area contributed by atoms with Crippen molar-refractivity contribution in [2.24, 2.45) is 7.05 Å². The molecule has 0 spiro atoms. The van der Waals surface area contributed by atoms with Crippen LogP contribution in [0, 0.1) is 6.92 Å². The Morgan fingerprint density at radius 2 is 2.15 bits per heavy atom. The second kappa shape index (κ2) is 5.78. The van der Waals surface area contributed by atoms with E-state index in [2.05, 4.69) is 20.1 Å². The Morgan fingerprint density at radius 1 is 1.40 bits per heavy atom. The highest BCUT2D eigenvalue weighted by atomic mass is 32.2. The fourth-order valence-electron chi connectivity index (χ4n) is 1.94. The molecule has 0 saturated carbocycles. The maximum Gasteiger partial charge on any atom is 0.242 e. The van der Waals surface area contributed by atoms with Crippen LogP contribution >= 0.6 is 0 Å². The van der Waals surface area contributed by atoms with Crippen molar-refractivity contribution in [1.29, 1.82) is 0 Å². The highest BCUT2D eigenvalue weighted by molar-refractivity contribution is 7.89. The van der Waals surface area contributed by atoms with Gasteiger partial charge in [0.05, 0.1) is 10.6 Å². The number of sulfonamides is 1. The molecule has 0 radical (unpaired) electrons. The summed E-state index contributed by atoms with van der Waals surface area (Å²) in [7, 11) is 0.101. The number of rotatable bonds is 6. The van der Waals surface area contributed by atoms with Gasteiger partial charge in [-0.2, -0.15) is 5.10 Å². The third kappa shape index (κ3) is 3.27. The molecule has 0 aliphatic heterocycles. The predicted octanol–water partition coefficient (Wildman–Crippen LogP) is 0.255. The lowest BCUT2D eigenvalue weighted by Gasteiger charge is -2.03. The van der Waals surface area contributed by atoms with Crippen molar-refractivity contribution in [2.45, 2.75) is 24.9 Å². The zero-order valence-electron chi connectivity index (χ0n) is 11.8. The molecule has 110 valence electrons. The zero-order chi connectivity index (χ0) is 14.8. The summed E-state index contributed by atoms with van der Waals surface area (Å²) in [5.74, 6) is 0. The first-order valence-electron chi connectivity index (χ1n) is 6.23. The quantitative estimate of drug-likeness (QED) is 0.713. The smallest absolute Gasteiger partial charge is 0.242 e. The van der Waals surface area contributed by atoms with E-state index in [1.807, 2.05) is 6.92 Å². The summed E-state index contributed by atoms with van der Waals surface area (Å²) < 4.78 is 28.6. The summed E-state index contributed by atoms with van der Waals surface area (Å²) >= 11 is 0. The molecule has 0 unspecified atom stereocenters. The summed E-state index contributed by atoms with van der Waals surface area (Å²) in [6, 6.07) is 1.62. The molecule has 0 fully saturated rings. The molecule has 0 aromatic carbocycles. The molecule has 0 bridgehead atoms. The minimum atomic E-state index is -3.51. The number of aryl methyl sites for hydroxylation is 2. The Hall–Kier alpha value is -1.64. The number of hydrogen-bond acceptors (Lipinski definition) is 4. The number of aromatic nitrogens is 3. The number of aromatic amines is 1. The lowest BCUT2D eigenvalue weighted by atomic mass is 10.3. The van der Waals surface area contributed by atoms with Crippen molar-refractivity contribution in [1.82, 2.24) is 24.8 Å². The van der Waals surface area contributed by atoms with Crippen LogP contribution in [0.4, 0.5) is 0 Å². The maximum absolute atomic E-state index is 12.2. The first-order valence-corrected chi connectivity index (χ1v) is 7.71. The van der Waals surface area contributed by atoms with Gasteiger partial charge in [0.2, 0.25) is 10.0 Å². The van der Waals surface area contributed by atoms with Gasteiger partial charge in [0.1, 0.15) is 0 Å². The number of hydrogen-bond donors (Lipinski definition) is 3. The van der Waals surface area contributed by atoms with Crippen LogP contribution in [0.1, 0.15) is 17.0 Å². The highest BCUT2D eigenvalue weighted by Gasteiger charge is 2.16. The first kappa shape index (κ1) is 14.8. The Balaban J connectivity index is 2.08. The monoisotopic (exact) mass is 297 g/mol. The van der Waals surface area contributed by atoms with Crippen molar-refractivity contribution >= 4 is 10.0 Å². The van der Waals surface area contributed by atoms with Crippen LogP contribution in [0.25, 0.3) is 0 Å². The van der Waals surface area contributed by atoms with Crippen LogP contribution < -0.4 is 10.0 Å². The van der Waals surface area contributed by atoms with Crippen LogP contribution in [-0.4, -0.2) is 30.2 Å². The lowest BCUT2D eigenvalue weighted by Crippen LogP contribution is -2.23. The predicted molar refractivity (Wildman–Crippen MR) is 75.5 cm³/mol. The molecule has 0 saturated heterocycles. The molecule has 2 aromatic rings. The van der Waals surface area contributed by atoms with E-state index in [0.29, 0.717) is 6.54 Å². The van der Waals surface area contributed by atoms with Gasteiger partial charge in [-0.05, 0) is 20.0 Å². The minimum Gasteiger partial charge on any atom is -0.363 e. The topological polar surface area (TPSA) is 91.8 Å². The van der Waals surface area contributed by atoms with Gasteiger partial charge < -0.3 is 10.3 Å². The summed E-state index contributed by atoms with van der Waals surface area (Å²) in [6.07, 6.45) is 3.30. The van der Waals surface area contributed by atoms with Gasteiger partial charge in [0, 0.05) is 43.8 Å². The van der Waals surface area contributed by atoms with Crippen LogP contribution in [0.2, 0.25) is 0 Å². The Kier molecular flexibility index (Phi) is 4.26. The van der Waals surface area contributed by atoms with Gasteiger partial charge in [-0.15, -0.1) is 0 Å². The average molecular weight is 297 g/mol. The fraction of sp³-hybridized carbons (Fsp3) is 0.417. The van der Waals surface area contributed by atoms with E-state index >= 15 is 0 Å². The molecule has 0 atom stereocenters. The number of H-pyrrole nitrogens is 1. The molecule has 2 aromatic heterocycles. The normalized spacial score (nSPS) is 11.9. The van der Waals surface area contributed by atoms with Crippen LogP contribution in [0.15, 0.2) is 23.4 Å². The van der Waals surface area contributed by atoms with E-state index in [1.165, 1.54) is 6.20 Å². The van der Waals surface area contributed by atoms with Crippen LogP contribution in [0.5, 0.6) is 0 Å². The molecular weight excluding hydrogens is 278 g/mol. The summed E-state index contributed by atoms with van der Waals surface area (Å²) in [4.78, 5) is 3.17.